The summed E-state index contributed by atoms with van der Waals surface area (Å²) in [6.45, 7) is 4.94. The fourth-order valence-electron chi connectivity index (χ4n) is 1.89. The second kappa shape index (κ2) is 7.53. The van der Waals surface area contributed by atoms with Gasteiger partial charge in [0.2, 0.25) is 5.88 Å². The number of halogens is 2. The van der Waals surface area contributed by atoms with E-state index >= 15 is 0 Å². The Morgan fingerprint density at radius 3 is 2.62 bits per heavy atom. The molecule has 0 saturated heterocycles. The maximum atomic E-state index is 6.18. The molecular formula is C16H18Cl2N2O. The van der Waals surface area contributed by atoms with Crippen LogP contribution in [0.1, 0.15) is 25.8 Å². The van der Waals surface area contributed by atoms with Crippen LogP contribution in [0.25, 0.3) is 0 Å². The number of anilines is 1. The van der Waals surface area contributed by atoms with Crippen molar-refractivity contribution in [2.75, 3.05) is 11.9 Å². The summed E-state index contributed by atoms with van der Waals surface area (Å²) in [4.78, 5) is 4.38. The average molecular weight is 325 g/mol. The number of hydrogen-bond acceptors (Lipinski definition) is 3. The van der Waals surface area contributed by atoms with Gasteiger partial charge >= 0.3 is 0 Å². The van der Waals surface area contributed by atoms with Crippen LogP contribution in [0.5, 0.6) is 11.6 Å². The molecule has 1 heterocycles. The molecular weight excluding hydrogens is 307 g/mol. The molecule has 3 nitrogen and oxygen atoms in total. The number of aryl methyl sites for hydroxylation is 1. The van der Waals surface area contributed by atoms with E-state index in [1.54, 1.807) is 6.07 Å². The highest BCUT2D eigenvalue weighted by molar-refractivity contribution is 6.36. The molecule has 1 aromatic heterocycles. The highest BCUT2D eigenvalue weighted by atomic mass is 35.5. The zero-order valence-electron chi connectivity index (χ0n) is 12.1. The van der Waals surface area contributed by atoms with E-state index in [1.807, 2.05) is 24.3 Å². The molecule has 0 atom stereocenters. The molecule has 0 aliphatic rings. The summed E-state index contributed by atoms with van der Waals surface area (Å²) >= 11 is 12.3. The van der Waals surface area contributed by atoms with Crippen LogP contribution >= 0.6 is 23.2 Å². The van der Waals surface area contributed by atoms with Crippen molar-refractivity contribution >= 4 is 29.0 Å². The van der Waals surface area contributed by atoms with Gasteiger partial charge in [0.1, 0.15) is 16.6 Å². The highest BCUT2D eigenvalue weighted by Gasteiger charge is 2.12. The molecule has 0 aliphatic carbocycles. The molecule has 0 aliphatic heterocycles. The zero-order valence-corrected chi connectivity index (χ0v) is 13.6. The van der Waals surface area contributed by atoms with Gasteiger partial charge < -0.3 is 10.1 Å². The molecule has 112 valence electrons. The van der Waals surface area contributed by atoms with Gasteiger partial charge in [0.15, 0.2) is 0 Å². The summed E-state index contributed by atoms with van der Waals surface area (Å²) in [5.74, 6) is 1.71. The van der Waals surface area contributed by atoms with E-state index in [-0.39, 0.29) is 0 Å². The van der Waals surface area contributed by atoms with Gasteiger partial charge in [-0.05, 0) is 30.5 Å². The monoisotopic (exact) mass is 324 g/mol. The quantitative estimate of drug-likeness (QED) is 0.754. The summed E-state index contributed by atoms with van der Waals surface area (Å²) in [7, 11) is 0. The molecule has 5 heteroatoms. The maximum absolute atomic E-state index is 6.18. The van der Waals surface area contributed by atoms with Crippen molar-refractivity contribution in [2.24, 2.45) is 0 Å². The van der Waals surface area contributed by atoms with Gasteiger partial charge in [0.25, 0.3) is 0 Å². The van der Waals surface area contributed by atoms with Crippen LogP contribution in [-0.4, -0.2) is 11.5 Å². The van der Waals surface area contributed by atoms with Gasteiger partial charge in [-0.2, -0.15) is 4.98 Å². The van der Waals surface area contributed by atoms with Crippen LogP contribution < -0.4 is 10.1 Å². The molecule has 0 radical (unpaired) electrons. The Balaban J connectivity index is 2.30. The molecule has 0 bridgehead atoms. The molecule has 2 aromatic rings. The molecule has 2 rings (SSSR count). The lowest BCUT2D eigenvalue weighted by Gasteiger charge is -2.13. The average Bonchev–Trinajstić information content (AvgIpc) is 2.49. The van der Waals surface area contributed by atoms with Gasteiger partial charge in [-0.1, -0.05) is 55.2 Å². The normalized spacial score (nSPS) is 10.5. The van der Waals surface area contributed by atoms with Crippen molar-refractivity contribution in [3.8, 4) is 11.6 Å². The van der Waals surface area contributed by atoms with Crippen molar-refractivity contribution in [3.05, 3.63) is 45.9 Å². The molecule has 0 amide bonds. The summed E-state index contributed by atoms with van der Waals surface area (Å²) in [6.07, 6.45) is 1.86. The summed E-state index contributed by atoms with van der Waals surface area (Å²) in [6, 6.07) is 9.49. The van der Waals surface area contributed by atoms with E-state index in [2.05, 4.69) is 24.1 Å². The Hall–Kier alpha value is -1.45. The molecule has 0 spiro atoms. The summed E-state index contributed by atoms with van der Waals surface area (Å²) < 4.78 is 5.87. The first-order valence-electron chi connectivity index (χ1n) is 7.01. The summed E-state index contributed by atoms with van der Waals surface area (Å²) in [5.41, 5.74) is 1.10. The fourth-order valence-corrected chi connectivity index (χ4v) is 2.35. The predicted molar refractivity (Wildman–Crippen MR) is 88.9 cm³/mol. The molecule has 1 N–H and O–H groups in total. The van der Waals surface area contributed by atoms with E-state index < -0.39 is 0 Å². The number of nitrogens with one attached hydrogen (secondary N) is 1. The number of hydrogen-bond donors (Lipinski definition) is 1. The lowest BCUT2D eigenvalue weighted by Crippen LogP contribution is -2.04. The van der Waals surface area contributed by atoms with Crippen molar-refractivity contribution in [1.29, 1.82) is 0 Å². The third-order valence-electron chi connectivity index (χ3n) is 3.00. The number of pyridine rings is 1. The topological polar surface area (TPSA) is 34.2 Å². The van der Waals surface area contributed by atoms with E-state index in [9.17, 15) is 0 Å². The molecule has 0 unspecified atom stereocenters. The summed E-state index contributed by atoms with van der Waals surface area (Å²) in [5, 5.41) is 4.05. The largest absolute Gasteiger partial charge is 0.437 e. The van der Waals surface area contributed by atoms with Crippen LogP contribution in [0.2, 0.25) is 10.0 Å². The lowest BCUT2D eigenvalue weighted by molar-refractivity contribution is 0.458. The first-order valence-corrected chi connectivity index (χ1v) is 7.77. The number of rotatable bonds is 6. The first kappa shape index (κ1) is 15.9. The van der Waals surface area contributed by atoms with Crippen molar-refractivity contribution in [3.63, 3.8) is 0 Å². The standard InChI is InChI=1S/C16H18Cl2N2O/c1-3-9-19-15-12(17)10-13(18)16(20-15)21-14-8-6-5-7-11(14)4-2/h5-8,10H,3-4,9H2,1-2H3,(H,19,20). The van der Waals surface area contributed by atoms with Gasteiger partial charge in [0, 0.05) is 6.54 Å². The second-order valence-corrected chi connectivity index (χ2v) is 5.41. The smallest absolute Gasteiger partial charge is 0.240 e. The molecule has 1 aromatic carbocycles. The second-order valence-electron chi connectivity index (χ2n) is 4.60. The van der Waals surface area contributed by atoms with Crippen LogP contribution in [-0.2, 0) is 6.42 Å². The minimum absolute atomic E-state index is 0.362. The van der Waals surface area contributed by atoms with Crippen LogP contribution in [0, 0.1) is 0 Å². The Kier molecular flexibility index (Phi) is 5.71. The van der Waals surface area contributed by atoms with Crippen molar-refractivity contribution in [1.82, 2.24) is 4.98 Å². The molecule has 0 fully saturated rings. The van der Waals surface area contributed by atoms with Crippen LogP contribution in [0.3, 0.4) is 0 Å². The van der Waals surface area contributed by atoms with E-state index in [0.717, 1.165) is 30.7 Å². The predicted octanol–water partition coefficient (Wildman–Crippen LogP) is 5.57. The van der Waals surface area contributed by atoms with Crippen LogP contribution in [0.4, 0.5) is 5.82 Å². The number of para-hydroxylation sites is 1. The highest BCUT2D eigenvalue weighted by Crippen LogP contribution is 2.34. The first-order chi connectivity index (χ1) is 10.2. The fraction of sp³-hybridized carbons (Fsp3) is 0.312. The number of benzene rings is 1. The van der Waals surface area contributed by atoms with E-state index in [1.165, 1.54) is 0 Å². The Bertz CT molecular complexity index is 617. The Morgan fingerprint density at radius 1 is 1.14 bits per heavy atom. The van der Waals surface area contributed by atoms with Gasteiger partial charge in [-0.3, -0.25) is 0 Å². The molecule has 21 heavy (non-hydrogen) atoms. The Labute approximate surface area is 135 Å². The minimum Gasteiger partial charge on any atom is -0.437 e. The Morgan fingerprint density at radius 2 is 1.90 bits per heavy atom. The lowest BCUT2D eigenvalue weighted by atomic mass is 10.1. The minimum atomic E-state index is 0.362. The van der Waals surface area contributed by atoms with Gasteiger partial charge in [-0.25, -0.2) is 0 Å². The zero-order chi connectivity index (χ0) is 15.2. The van der Waals surface area contributed by atoms with Crippen molar-refractivity contribution < 1.29 is 4.74 Å². The molecule has 0 saturated carbocycles. The third kappa shape index (κ3) is 4.02. The maximum Gasteiger partial charge on any atom is 0.240 e. The van der Waals surface area contributed by atoms with Crippen LogP contribution in [0.15, 0.2) is 30.3 Å². The van der Waals surface area contributed by atoms with Gasteiger partial charge in [0.05, 0.1) is 5.02 Å². The number of ether oxygens (including phenoxy) is 1. The van der Waals surface area contributed by atoms with E-state index in [4.69, 9.17) is 27.9 Å². The number of aromatic nitrogens is 1. The third-order valence-corrected chi connectivity index (χ3v) is 3.56. The van der Waals surface area contributed by atoms with E-state index in [0.29, 0.717) is 21.7 Å². The van der Waals surface area contributed by atoms with Gasteiger partial charge in [-0.15, -0.1) is 0 Å². The van der Waals surface area contributed by atoms with Crippen molar-refractivity contribution in [2.45, 2.75) is 26.7 Å². The SMILES string of the molecule is CCCNc1nc(Oc2ccccc2CC)c(Cl)cc1Cl. The number of nitrogens with zero attached hydrogens (tertiary/aromatic N) is 1.